The number of nitrogens with zero attached hydrogens (tertiary/aromatic N) is 1. The molecule has 0 aromatic heterocycles. The van der Waals surface area contributed by atoms with Crippen molar-refractivity contribution >= 4 is 5.97 Å². The number of esters is 1. The minimum absolute atomic E-state index is 0.193. The molecule has 116 valence electrons. The maximum atomic E-state index is 12.2. The van der Waals surface area contributed by atoms with Gasteiger partial charge in [-0.25, -0.2) is 4.79 Å². The van der Waals surface area contributed by atoms with Crippen LogP contribution < -0.4 is 0 Å². The van der Waals surface area contributed by atoms with Crippen LogP contribution in [0, 0.1) is 12.8 Å². The summed E-state index contributed by atoms with van der Waals surface area (Å²) >= 11 is 0. The van der Waals surface area contributed by atoms with Crippen LogP contribution in [-0.4, -0.2) is 37.6 Å². The van der Waals surface area contributed by atoms with E-state index >= 15 is 0 Å². The van der Waals surface area contributed by atoms with Gasteiger partial charge in [0.2, 0.25) is 0 Å². The molecule has 3 nitrogen and oxygen atoms in total. The van der Waals surface area contributed by atoms with Gasteiger partial charge in [-0.1, -0.05) is 19.9 Å². The first-order valence-corrected chi connectivity index (χ1v) is 7.93. The number of aryl methyl sites for hydroxylation is 1. The molecule has 1 heterocycles. The van der Waals surface area contributed by atoms with Gasteiger partial charge in [-0.15, -0.1) is 0 Å². The number of rotatable bonds is 4. The smallest absolute Gasteiger partial charge is 0.338 e. The molecule has 0 N–H and O–H groups in total. The van der Waals surface area contributed by atoms with Gasteiger partial charge in [0.25, 0.3) is 0 Å². The molecule has 1 aliphatic heterocycles. The summed E-state index contributed by atoms with van der Waals surface area (Å²) in [6, 6.07) is 5.88. The van der Waals surface area contributed by atoms with Gasteiger partial charge in [0, 0.05) is 12.5 Å². The van der Waals surface area contributed by atoms with Gasteiger partial charge in [-0.05, 0) is 62.5 Å². The number of piperidine rings is 1. The Morgan fingerprint density at radius 3 is 2.81 bits per heavy atom. The van der Waals surface area contributed by atoms with Crippen LogP contribution in [0.2, 0.25) is 0 Å². The highest BCUT2D eigenvalue weighted by Gasteiger charge is 2.19. The largest absolute Gasteiger partial charge is 0.462 e. The second kappa shape index (κ2) is 7.08. The quantitative estimate of drug-likeness (QED) is 0.793. The number of benzene rings is 1. The summed E-state index contributed by atoms with van der Waals surface area (Å²) in [5, 5.41) is 0. The Morgan fingerprint density at radius 2 is 2.19 bits per heavy atom. The van der Waals surface area contributed by atoms with Gasteiger partial charge in [-0.2, -0.15) is 0 Å². The van der Waals surface area contributed by atoms with Crippen LogP contribution >= 0.6 is 0 Å². The molecule has 0 amide bonds. The zero-order valence-corrected chi connectivity index (χ0v) is 13.7. The third-order valence-corrected chi connectivity index (χ3v) is 4.30. The molecule has 1 aliphatic rings. The topological polar surface area (TPSA) is 29.5 Å². The fourth-order valence-corrected chi connectivity index (χ4v) is 3.14. The second-order valence-corrected chi connectivity index (χ2v) is 6.60. The predicted molar refractivity (Wildman–Crippen MR) is 85.8 cm³/mol. The van der Waals surface area contributed by atoms with Crippen LogP contribution in [0.25, 0.3) is 0 Å². The molecule has 1 aromatic carbocycles. The van der Waals surface area contributed by atoms with Crippen LogP contribution in [0.4, 0.5) is 0 Å². The average Bonchev–Trinajstić information content (AvgIpc) is 2.44. The van der Waals surface area contributed by atoms with Crippen molar-refractivity contribution in [3.8, 4) is 0 Å². The predicted octanol–water partition coefficient (Wildman–Crippen LogP) is 3.62. The summed E-state index contributed by atoms with van der Waals surface area (Å²) in [4.78, 5) is 14.5. The van der Waals surface area contributed by atoms with E-state index in [1.54, 1.807) is 0 Å². The zero-order valence-electron chi connectivity index (χ0n) is 13.7. The van der Waals surface area contributed by atoms with Crippen LogP contribution in [0.1, 0.15) is 54.1 Å². The first-order chi connectivity index (χ1) is 9.97. The lowest BCUT2D eigenvalue weighted by atomic mass is 9.96. The Kier molecular flexibility index (Phi) is 5.40. The maximum absolute atomic E-state index is 12.2. The zero-order chi connectivity index (χ0) is 15.4. The van der Waals surface area contributed by atoms with Crippen molar-refractivity contribution in [2.24, 2.45) is 5.92 Å². The van der Waals surface area contributed by atoms with E-state index in [0.29, 0.717) is 24.0 Å². The lowest BCUT2D eigenvalue weighted by molar-refractivity contribution is 0.0371. The summed E-state index contributed by atoms with van der Waals surface area (Å²) < 4.78 is 5.51. The van der Waals surface area contributed by atoms with Crippen LogP contribution in [-0.2, 0) is 4.74 Å². The van der Waals surface area contributed by atoms with E-state index in [2.05, 4.69) is 32.7 Å². The first kappa shape index (κ1) is 16.0. The average molecular weight is 289 g/mol. The van der Waals surface area contributed by atoms with E-state index in [-0.39, 0.29) is 5.97 Å². The van der Waals surface area contributed by atoms with Crippen molar-refractivity contribution < 1.29 is 9.53 Å². The summed E-state index contributed by atoms with van der Waals surface area (Å²) in [5.41, 5.74) is 3.12. The summed E-state index contributed by atoms with van der Waals surface area (Å²) in [6.07, 6.45) is 2.35. The molecule has 0 saturated carbocycles. The molecule has 1 fully saturated rings. The van der Waals surface area contributed by atoms with Gasteiger partial charge in [0.15, 0.2) is 0 Å². The number of ether oxygens (including phenoxy) is 1. The number of carbonyl (C=O) groups excluding carboxylic acids is 1. The van der Waals surface area contributed by atoms with Gasteiger partial charge in [-0.3, -0.25) is 0 Å². The third kappa shape index (κ3) is 4.31. The number of hydrogen-bond acceptors (Lipinski definition) is 3. The van der Waals surface area contributed by atoms with E-state index in [1.165, 1.54) is 12.0 Å². The molecule has 1 atom stereocenters. The maximum Gasteiger partial charge on any atom is 0.338 e. The molecule has 1 saturated heterocycles. The Balaban J connectivity index is 1.92. The van der Waals surface area contributed by atoms with E-state index in [9.17, 15) is 4.79 Å². The van der Waals surface area contributed by atoms with Crippen molar-refractivity contribution in [2.75, 3.05) is 26.7 Å². The Labute approximate surface area is 128 Å². The fourth-order valence-electron chi connectivity index (χ4n) is 3.14. The van der Waals surface area contributed by atoms with Crippen LogP contribution in [0.3, 0.4) is 0 Å². The fraction of sp³-hybridized carbons (Fsp3) is 0.611. The highest BCUT2D eigenvalue weighted by atomic mass is 16.5. The van der Waals surface area contributed by atoms with E-state index in [0.717, 1.165) is 25.1 Å². The molecule has 0 aliphatic carbocycles. The van der Waals surface area contributed by atoms with Gasteiger partial charge in [0.05, 0.1) is 12.2 Å². The molecule has 1 aromatic rings. The van der Waals surface area contributed by atoms with Gasteiger partial charge in [0.1, 0.15) is 0 Å². The molecule has 21 heavy (non-hydrogen) atoms. The molecule has 1 unspecified atom stereocenters. The van der Waals surface area contributed by atoms with Crippen molar-refractivity contribution in [1.82, 2.24) is 4.90 Å². The van der Waals surface area contributed by atoms with Gasteiger partial charge >= 0.3 is 5.97 Å². The third-order valence-electron chi connectivity index (χ3n) is 4.30. The molecule has 3 heteroatoms. The summed E-state index contributed by atoms with van der Waals surface area (Å²) in [6.45, 7) is 9.11. The lowest BCUT2D eigenvalue weighted by Gasteiger charge is -2.29. The highest BCUT2D eigenvalue weighted by molar-refractivity contribution is 5.89. The van der Waals surface area contributed by atoms with E-state index in [1.807, 2.05) is 18.2 Å². The Hall–Kier alpha value is -1.35. The molecule has 0 radical (unpaired) electrons. The lowest BCUT2D eigenvalue weighted by Crippen LogP contribution is -2.34. The van der Waals surface area contributed by atoms with Crippen LogP contribution in [0.15, 0.2) is 18.2 Å². The minimum atomic E-state index is -0.193. The normalized spacial score (nSPS) is 19.8. The second-order valence-electron chi connectivity index (χ2n) is 6.60. The Morgan fingerprint density at radius 1 is 1.43 bits per heavy atom. The summed E-state index contributed by atoms with van der Waals surface area (Å²) in [5.74, 6) is 0.762. The van der Waals surface area contributed by atoms with Crippen molar-refractivity contribution in [2.45, 2.75) is 39.5 Å². The minimum Gasteiger partial charge on any atom is -0.462 e. The monoisotopic (exact) mass is 289 g/mol. The SMILES string of the molecule is Cc1cc(C(=O)OCC2CCCN(C)C2)ccc1C(C)C. The Bertz CT molecular complexity index is 496. The molecule has 0 bridgehead atoms. The first-order valence-electron chi connectivity index (χ1n) is 7.93. The summed E-state index contributed by atoms with van der Waals surface area (Å²) in [7, 11) is 2.13. The van der Waals surface area contributed by atoms with Crippen molar-refractivity contribution in [3.63, 3.8) is 0 Å². The number of likely N-dealkylation sites (tertiary alicyclic amines) is 1. The van der Waals surface area contributed by atoms with Crippen molar-refractivity contribution in [3.05, 3.63) is 34.9 Å². The molecule has 2 rings (SSSR count). The number of hydrogen-bond donors (Lipinski definition) is 0. The number of carbonyl (C=O) groups is 1. The molecule has 0 spiro atoms. The van der Waals surface area contributed by atoms with E-state index in [4.69, 9.17) is 4.74 Å². The standard InChI is InChI=1S/C18H27NO2/c1-13(2)17-8-7-16(10-14(17)3)18(20)21-12-15-6-5-9-19(4)11-15/h7-8,10,13,15H,5-6,9,11-12H2,1-4H3. The van der Waals surface area contributed by atoms with Crippen LogP contribution in [0.5, 0.6) is 0 Å². The van der Waals surface area contributed by atoms with Crippen molar-refractivity contribution in [1.29, 1.82) is 0 Å². The molecular weight excluding hydrogens is 262 g/mol. The van der Waals surface area contributed by atoms with Gasteiger partial charge < -0.3 is 9.64 Å². The molecular formula is C18H27NO2. The van der Waals surface area contributed by atoms with E-state index < -0.39 is 0 Å². The highest BCUT2D eigenvalue weighted by Crippen LogP contribution is 2.21.